The summed E-state index contributed by atoms with van der Waals surface area (Å²) in [4.78, 5) is 28.7. The summed E-state index contributed by atoms with van der Waals surface area (Å²) in [5.41, 5.74) is 11.6. The molecule has 4 rings (SSSR count). The Morgan fingerprint density at radius 1 is 0.933 bits per heavy atom. The molecule has 5 N–H and O–H groups in total. The third-order valence-corrected chi connectivity index (χ3v) is 3.52. The van der Waals surface area contributed by atoms with Gasteiger partial charge < -0.3 is 15.6 Å². The van der Waals surface area contributed by atoms with E-state index in [0.717, 1.165) is 5.06 Å². The van der Waals surface area contributed by atoms with Crippen molar-refractivity contribution in [3.63, 3.8) is 0 Å². The fourth-order valence-electron chi connectivity index (χ4n) is 2.29. The van der Waals surface area contributed by atoms with E-state index < -0.39 is 6.29 Å². The van der Waals surface area contributed by atoms with E-state index in [1.54, 1.807) is 36.4 Å². The number of aromatic nitrogens is 3. The molecule has 0 bridgehead atoms. The first kappa shape index (κ1) is 23.5. The van der Waals surface area contributed by atoms with Crippen molar-refractivity contribution in [3.05, 3.63) is 84.0 Å². The highest BCUT2D eigenvalue weighted by atomic mass is 16.7. The molecular weight excluding hydrogens is 408 g/mol. The summed E-state index contributed by atoms with van der Waals surface area (Å²) in [7, 11) is 0. The maximum absolute atomic E-state index is 11.3. The summed E-state index contributed by atoms with van der Waals surface area (Å²) >= 11 is 0. The molecule has 3 aromatic rings. The van der Waals surface area contributed by atoms with Crippen molar-refractivity contribution in [2.75, 3.05) is 10.8 Å². The zero-order chi connectivity index (χ0) is 22.8. The summed E-state index contributed by atoms with van der Waals surface area (Å²) in [6.07, 6.45) is -1.03. The molecular formula is C14H14N8O8. The summed E-state index contributed by atoms with van der Waals surface area (Å²) in [6, 6.07) is 12.8. The molecule has 16 heteroatoms. The normalized spacial score (nSPS) is 13.9. The molecule has 1 aliphatic heterocycles. The van der Waals surface area contributed by atoms with E-state index in [9.17, 15) is 20.8 Å². The SMILES string of the molecule is NC1N=[N+]([O-])c2ccccc2N1O.Nc1n[n+]([O-])c2ccccc2[n+]1[O-].O=O.O=O. The molecule has 0 spiro atoms. The van der Waals surface area contributed by atoms with Gasteiger partial charge in [0.2, 0.25) is 5.10 Å². The van der Waals surface area contributed by atoms with Gasteiger partial charge in [-0.1, -0.05) is 24.3 Å². The lowest BCUT2D eigenvalue weighted by Crippen LogP contribution is -2.44. The summed E-state index contributed by atoms with van der Waals surface area (Å²) < 4.78 is 0.420. The topological polar surface area (TPSA) is 249 Å². The minimum absolute atomic E-state index is 0.201. The Kier molecular flexibility index (Phi) is 8.36. The third kappa shape index (κ3) is 4.82. The molecule has 30 heavy (non-hydrogen) atoms. The monoisotopic (exact) mass is 422 g/mol. The van der Waals surface area contributed by atoms with Crippen LogP contribution in [0.5, 0.6) is 0 Å². The molecule has 1 aromatic heterocycles. The molecule has 0 radical (unpaired) electrons. The molecule has 0 fully saturated rings. The standard InChI is InChI=1S/C7H8N4O2.C7H6N4O2.2O2/c2*8-7-9-11(13)6-4-2-1-3-5(6)10(7)12;2*1-2/h1-4,7,12H,8H2;1-4H,(H2,8,9);;. The number of hydroxylamine groups is 1. The van der Waals surface area contributed by atoms with Gasteiger partial charge >= 0.3 is 5.95 Å². The van der Waals surface area contributed by atoms with Crippen molar-refractivity contribution in [1.82, 2.24) is 5.10 Å². The van der Waals surface area contributed by atoms with E-state index in [4.69, 9.17) is 31.3 Å². The maximum Gasteiger partial charge on any atom is 0.458 e. The fraction of sp³-hybridized carbons (Fsp3) is 0.0714. The van der Waals surface area contributed by atoms with Gasteiger partial charge in [0.25, 0.3) is 17.5 Å². The van der Waals surface area contributed by atoms with Crippen molar-refractivity contribution in [2.45, 2.75) is 6.29 Å². The number of nitrogens with zero attached hydrogens (tertiary/aromatic N) is 6. The number of hydrogen-bond acceptors (Lipinski definition) is 13. The predicted molar refractivity (Wildman–Crippen MR) is 102 cm³/mol. The van der Waals surface area contributed by atoms with E-state index >= 15 is 0 Å². The largest absolute Gasteiger partial charge is 0.739 e. The minimum Gasteiger partial charge on any atom is -0.739 e. The Labute approximate surface area is 166 Å². The second-order valence-electron chi connectivity index (χ2n) is 5.15. The summed E-state index contributed by atoms with van der Waals surface area (Å²) in [6.45, 7) is 0. The van der Waals surface area contributed by atoms with Gasteiger partial charge in [-0.2, -0.15) is 0 Å². The highest BCUT2D eigenvalue weighted by Crippen LogP contribution is 2.30. The number of benzene rings is 2. The first-order chi connectivity index (χ1) is 14.4. The van der Waals surface area contributed by atoms with Crippen LogP contribution in [0.15, 0.2) is 53.6 Å². The number of hydrogen-bond donors (Lipinski definition) is 3. The quantitative estimate of drug-likeness (QED) is 0.318. The number of para-hydroxylation sites is 4. The summed E-state index contributed by atoms with van der Waals surface area (Å²) in [5, 5.41) is 50.4. The lowest BCUT2D eigenvalue weighted by Gasteiger charge is -2.23. The molecule has 158 valence electrons. The lowest BCUT2D eigenvalue weighted by atomic mass is 10.2. The van der Waals surface area contributed by atoms with E-state index in [1.807, 2.05) is 0 Å². The van der Waals surface area contributed by atoms with Crippen LogP contribution in [0.2, 0.25) is 0 Å². The third-order valence-electron chi connectivity index (χ3n) is 3.52. The van der Waals surface area contributed by atoms with Crippen LogP contribution in [0.25, 0.3) is 11.0 Å². The van der Waals surface area contributed by atoms with Crippen LogP contribution in [-0.2, 0) is 0 Å². The van der Waals surface area contributed by atoms with Crippen LogP contribution >= 0.6 is 0 Å². The van der Waals surface area contributed by atoms with Gasteiger partial charge in [0.15, 0.2) is 5.52 Å². The second-order valence-corrected chi connectivity index (χ2v) is 5.15. The van der Waals surface area contributed by atoms with Crippen molar-refractivity contribution in [1.29, 1.82) is 0 Å². The lowest BCUT2D eigenvalue weighted by molar-refractivity contribution is -0.672. The van der Waals surface area contributed by atoms with E-state index in [2.05, 4.69) is 10.2 Å². The van der Waals surface area contributed by atoms with E-state index in [1.165, 1.54) is 12.1 Å². The molecule has 0 saturated carbocycles. The molecule has 0 aliphatic carbocycles. The van der Waals surface area contributed by atoms with Gasteiger partial charge in [0.1, 0.15) is 5.69 Å². The van der Waals surface area contributed by atoms with Crippen LogP contribution in [0, 0.1) is 35.5 Å². The number of fused-ring (bicyclic) bond motifs is 2. The molecule has 1 unspecified atom stereocenters. The molecule has 2 heterocycles. The molecule has 0 saturated heterocycles. The van der Waals surface area contributed by atoms with Gasteiger partial charge in [-0.15, -0.1) is 0 Å². The number of anilines is 2. The Hall–Kier alpha value is -4.57. The van der Waals surface area contributed by atoms with Crippen LogP contribution in [-0.4, -0.2) is 21.5 Å². The zero-order valence-electron chi connectivity index (χ0n) is 14.8. The second kappa shape index (κ2) is 10.7. The number of nitrogens with two attached hydrogens (primary N) is 2. The van der Waals surface area contributed by atoms with Gasteiger partial charge in [-0.3, -0.25) is 16.7 Å². The number of rotatable bonds is 0. The van der Waals surface area contributed by atoms with E-state index in [0.29, 0.717) is 20.1 Å². The molecule has 16 nitrogen and oxygen atoms in total. The van der Waals surface area contributed by atoms with Gasteiger partial charge in [0.05, 0.1) is 0 Å². The Balaban J connectivity index is 0.000000258. The van der Waals surface area contributed by atoms with Crippen molar-refractivity contribution < 1.29 is 19.6 Å². The van der Waals surface area contributed by atoms with Crippen molar-refractivity contribution in [3.8, 4) is 0 Å². The van der Waals surface area contributed by atoms with Crippen molar-refractivity contribution in [2.24, 2.45) is 10.8 Å². The van der Waals surface area contributed by atoms with E-state index in [-0.39, 0.29) is 22.7 Å². The average molecular weight is 422 g/mol. The number of nitrogen functional groups attached to an aromatic ring is 1. The average Bonchev–Trinajstić information content (AvgIpc) is 2.79. The van der Waals surface area contributed by atoms with Gasteiger partial charge in [-0.05, 0) is 17.0 Å². The first-order valence-corrected chi connectivity index (χ1v) is 7.62. The molecule has 2 aromatic carbocycles. The van der Waals surface area contributed by atoms with Gasteiger partial charge in [0, 0.05) is 42.0 Å². The smallest absolute Gasteiger partial charge is 0.458 e. The summed E-state index contributed by atoms with van der Waals surface area (Å²) in [5.74, 6) is -0.353. The van der Waals surface area contributed by atoms with Crippen LogP contribution in [0.1, 0.15) is 0 Å². The predicted octanol–water partition coefficient (Wildman–Crippen LogP) is -0.0501. The Morgan fingerprint density at radius 2 is 1.47 bits per heavy atom. The molecule has 1 aliphatic rings. The van der Waals surface area contributed by atoms with Crippen LogP contribution in [0.3, 0.4) is 0 Å². The first-order valence-electron chi connectivity index (χ1n) is 7.62. The molecule has 0 amide bonds. The minimum atomic E-state index is -1.03. The van der Waals surface area contributed by atoms with Crippen LogP contribution < -0.4 is 26.1 Å². The highest BCUT2D eigenvalue weighted by Gasteiger charge is 2.27. The Bertz CT molecular complexity index is 1030. The maximum atomic E-state index is 11.3. The zero-order valence-corrected chi connectivity index (χ0v) is 14.8. The van der Waals surface area contributed by atoms with Crippen molar-refractivity contribution >= 4 is 28.4 Å². The Morgan fingerprint density at radius 3 is 2.10 bits per heavy atom. The fourth-order valence-corrected chi connectivity index (χ4v) is 2.29. The molecule has 1 atom stereocenters. The van der Waals surface area contributed by atoms with Crippen LogP contribution in [0.4, 0.5) is 17.3 Å². The van der Waals surface area contributed by atoms with Gasteiger partial charge in [-0.25, -0.2) is 9.79 Å². The number of azo groups is 1. The highest BCUT2D eigenvalue weighted by molar-refractivity contribution is 5.67.